The quantitative estimate of drug-likeness (QED) is 0.618. The molecule has 0 spiro atoms. The maximum atomic E-state index is 13.6. The van der Waals surface area contributed by atoms with Gasteiger partial charge in [0, 0.05) is 37.2 Å². The summed E-state index contributed by atoms with van der Waals surface area (Å²) in [6.07, 6.45) is -0.963. The topological polar surface area (TPSA) is 76.5 Å². The summed E-state index contributed by atoms with van der Waals surface area (Å²) >= 11 is 0. The third kappa shape index (κ3) is 3.90. The molecule has 1 saturated heterocycles. The smallest absolute Gasteiger partial charge is 0.361 e. The predicted molar refractivity (Wildman–Crippen MR) is 101 cm³/mol. The van der Waals surface area contributed by atoms with Gasteiger partial charge in [-0.05, 0) is 24.8 Å². The van der Waals surface area contributed by atoms with Crippen molar-refractivity contribution in [2.24, 2.45) is 0 Å². The zero-order chi connectivity index (χ0) is 21.5. The van der Waals surface area contributed by atoms with Gasteiger partial charge in [-0.3, -0.25) is 4.79 Å². The van der Waals surface area contributed by atoms with Crippen LogP contribution in [0.1, 0.15) is 67.9 Å². The van der Waals surface area contributed by atoms with Crippen molar-refractivity contribution in [3.05, 3.63) is 47.2 Å². The number of nitrogens with zero attached hydrogens (tertiary/aromatic N) is 5. The van der Waals surface area contributed by atoms with E-state index in [0.717, 1.165) is 17.0 Å². The van der Waals surface area contributed by atoms with Gasteiger partial charge in [0.15, 0.2) is 5.65 Å². The van der Waals surface area contributed by atoms with Crippen molar-refractivity contribution in [2.45, 2.75) is 57.7 Å². The van der Waals surface area contributed by atoms with E-state index in [1.165, 1.54) is 6.20 Å². The van der Waals surface area contributed by atoms with E-state index in [1.54, 1.807) is 30.9 Å². The Bertz CT molecular complexity index is 1040. The molecule has 4 heterocycles. The molecule has 0 aromatic carbocycles. The van der Waals surface area contributed by atoms with Crippen molar-refractivity contribution in [3.8, 4) is 0 Å². The minimum Gasteiger partial charge on any atom is -0.361 e. The van der Waals surface area contributed by atoms with Gasteiger partial charge < -0.3 is 9.42 Å². The number of aryl methyl sites for hydroxylation is 1. The third-order valence-electron chi connectivity index (χ3n) is 5.34. The third-order valence-corrected chi connectivity index (χ3v) is 5.34. The molecule has 1 fully saturated rings. The highest BCUT2D eigenvalue weighted by molar-refractivity contribution is 5.77. The average molecular weight is 421 g/mol. The van der Waals surface area contributed by atoms with E-state index in [1.807, 2.05) is 0 Å². The highest BCUT2D eigenvalue weighted by Crippen LogP contribution is 2.35. The number of amides is 1. The molecule has 0 N–H and O–H groups in total. The number of hydrogen-bond acceptors (Lipinski definition) is 5. The van der Waals surface area contributed by atoms with E-state index in [2.05, 4.69) is 15.2 Å². The summed E-state index contributed by atoms with van der Waals surface area (Å²) in [5.41, 5.74) is 0.0697. The summed E-state index contributed by atoms with van der Waals surface area (Å²) in [6, 6.07) is 3.95. The summed E-state index contributed by atoms with van der Waals surface area (Å²) in [5.74, 6) is 0.375. The van der Waals surface area contributed by atoms with Crippen molar-refractivity contribution in [1.29, 1.82) is 0 Å². The zero-order valence-corrected chi connectivity index (χ0v) is 16.7. The molecule has 3 aromatic rings. The Labute approximate surface area is 170 Å². The van der Waals surface area contributed by atoms with Crippen LogP contribution in [0.4, 0.5) is 13.2 Å². The molecule has 30 heavy (non-hydrogen) atoms. The van der Waals surface area contributed by atoms with Crippen molar-refractivity contribution in [3.63, 3.8) is 0 Å². The lowest BCUT2D eigenvalue weighted by Gasteiger charge is -2.23. The van der Waals surface area contributed by atoms with Crippen LogP contribution in [-0.2, 0) is 17.4 Å². The molecule has 1 atom stereocenters. The first kappa shape index (κ1) is 20.4. The van der Waals surface area contributed by atoms with Crippen LogP contribution >= 0.6 is 0 Å². The van der Waals surface area contributed by atoms with Crippen LogP contribution in [0, 0.1) is 0 Å². The van der Waals surface area contributed by atoms with Gasteiger partial charge >= 0.3 is 6.18 Å². The predicted octanol–water partition coefficient (Wildman–Crippen LogP) is 4.16. The second-order valence-electron chi connectivity index (χ2n) is 7.78. The van der Waals surface area contributed by atoms with Crippen LogP contribution in [0.5, 0.6) is 0 Å². The second kappa shape index (κ2) is 7.73. The average Bonchev–Trinajstić information content (AvgIpc) is 3.43. The molecular formula is C20H22F3N5O2. The van der Waals surface area contributed by atoms with Crippen LogP contribution in [0.15, 0.2) is 28.9 Å². The Hall–Kier alpha value is -2.91. The van der Waals surface area contributed by atoms with Gasteiger partial charge in [0.05, 0.1) is 17.9 Å². The minimum atomic E-state index is -4.56. The Morgan fingerprint density at radius 3 is 2.80 bits per heavy atom. The molecule has 10 heteroatoms. The maximum Gasteiger partial charge on any atom is 0.433 e. The molecule has 0 unspecified atom stereocenters. The van der Waals surface area contributed by atoms with Gasteiger partial charge in [-0.2, -0.15) is 18.3 Å². The largest absolute Gasteiger partial charge is 0.433 e. The van der Waals surface area contributed by atoms with Crippen molar-refractivity contribution in [1.82, 2.24) is 24.7 Å². The van der Waals surface area contributed by atoms with Crippen molar-refractivity contribution >= 4 is 11.6 Å². The first-order valence-electron chi connectivity index (χ1n) is 9.91. The Morgan fingerprint density at radius 1 is 1.33 bits per heavy atom. The number of fused-ring (bicyclic) bond motifs is 1. The first-order valence-corrected chi connectivity index (χ1v) is 9.91. The molecule has 0 bridgehead atoms. The lowest BCUT2D eigenvalue weighted by atomic mass is 10.1. The van der Waals surface area contributed by atoms with Gasteiger partial charge in [-0.1, -0.05) is 19.0 Å². The zero-order valence-electron chi connectivity index (χ0n) is 16.7. The first-order chi connectivity index (χ1) is 14.2. The van der Waals surface area contributed by atoms with Crippen LogP contribution in [-0.4, -0.2) is 37.1 Å². The maximum absolute atomic E-state index is 13.6. The number of hydrogen-bond donors (Lipinski definition) is 0. The normalized spacial score (nSPS) is 17.4. The molecule has 1 amide bonds. The minimum absolute atomic E-state index is 0.0853. The highest BCUT2D eigenvalue weighted by Gasteiger charge is 2.37. The fourth-order valence-corrected chi connectivity index (χ4v) is 3.79. The highest BCUT2D eigenvalue weighted by atomic mass is 19.4. The van der Waals surface area contributed by atoms with Crippen LogP contribution < -0.4 is 0 Å². The number of carbonyl (C=O) groups excluding carboxylic acids is 1. The van der Waals surface area contributed by atoms with Gasteiger partial charge in [-0.15, -0.1) is 0 Å². The number of halogens is 3. The van der Waals surface area contributed by atoms with Crippen molar-refractivity contribution < 1.29 is 22.5 Å². The van der Waals surface area contributed by atoms with Crippen molar-refractivity contribution in [2.75, 3.05) is 6.54 Å². The van der Waals surface area contributed by atoms with Crippen LogP contribution in [0.25, 0.3) is 5.65 Å². The van der Waals surface area contributed by atoms with E-state index in [9.17, 15) is 18.0 Å². The number of carbonyl (C=O) groups is 1. The Kier molecular flexibility index (Phi) is 5.25. The Morgan fingerprint density at radius 2 is 2.13 bits per heavy atom. The second-order valence-corrected chi connectivity index (χ2v) is 7.78. The van der Waals surface area contributed by atoms with E-state index < -0.39 is 11.9 Å². The van der Waals surface area contributed by atoms with Crippen LogP contribution in [0.3, 0.4) is 0 Å². The van der Waals surface area contributed by atoms with Gasteiger partial charge in [0.2, 0.25) is 5.91 Å². The fourth-order valence-electron chi connectivity index (χ4n) is 3.79. The molecule has 3 aromatic heterocycles. The van der Waals surface area contributed by atoms with Gasteiger partial charge in [0.25, 0.3) is 0 Å². The monoisotopic (exact) mass is 421 g/mol. The molecule has 7 nitrogen and oxygen atoms in total. The number of aromatic nitrogens is 4. The summed E-state index contributed by atoms with van der Waals surface area (Å²) in [4.78, 5) is 18.8. The summed E-state index contributed by atoms with van der Waals surface area (Å²) in [7, 11) is 0. The number of likely N-dealkylation sites (tertiary alicyclic amines) is 1. The summed E-state index contributed by atoms with van der Waals surface area (Å²) in [5, 5.41) is 7.84. The molecule has 0 aliphatic carbocycles. The number of alkyl halides is 3. The van der Waals surface area contributed by atoms with E-state index in [0.29, 0.717) is 36.5 Å². The van der Waals surface area contributed by atoms with Gasteiger partial charge in [0.1, 0.15) is 11.5 Å². The molecule has 1 aliphatic heterocycles. The molecular weight excluding hydrogens is 399 g/mol. The lowest BCUT2D eigenvalue weighted by Crippen LogP contribution is -2.31. The van der Waals surface area contributed by atoms with E-state index >= 15 is 0 Å². The molecule has 0 saturated carbocycles. The molecule has 1 aliphatic rings. The standard InChI is InChI=1S/C20H22F3N5O2/c1-12(2)14-10-17(20(21,22)23)28-18(25-14)11-15(26-28)16-4-3-9-27(16)19(29)6-5-13-7-8-24-30-13/h7-8,10-12,16H,3-6,9H2,1-2H3/t16-/m0/s1. The molecule has 0 radical (unpaired) electrons. The fraction of sp³-hybridized carbons (Fsp3) is 0.500. The number of rotatable bonds is 5. The summed E-state index contributed by atoms with van der Waals surface area (Å²) < 4.78 is 46.7. The summed E-state index contributed by atoms with van der Waals surface area (Å²) in [6.45, 7) is 4.13. The lowest BCUT2D eigenvalue weighted by molar-refractivity contribution is -0.142. The van der Waals surface area contributed by atoms with Crippen LogP contribution in [0.2, 0.25) is 0 Å². The van der Waals surface area contributed by atoms with E-state index in [-0.39, 0.29) is 29.9 Å². The molecule has 160 valence electrons. The Balaban J connectivity index is 1.63. The van der Waals surface area contributed by atoms with Gasteiger partial charge in [-0.25, -0.2) is 9.50 Å². The molecule has 4 rings (SSSR count). The van der Waals surface area contributed by atoms with E-state index in [4.69, 9.17) is 4.52 Å². The SMILES string of the molecule is CC(C)c1cc(C(F)(F)F)n2nc([C@@H]3CCCN3C(=O)CCc3ccno3)cc2n1.